The molecule has 2 amide bonds. The largest absolute Gasteiger partial charge is 0.459 e. The first-order valence-electron chi connectivity index (χ1n) is 12.6. The van der Waals surface area contributed by atoms with Crippen LogP contribution >= 0.6 is 0 Å². The molecule has 0 atom stereocenters. The number of carbonyl (C=O) groups is 2. The highest BCUT2D eigenvalue weighted by Gasteiger charge is 2.31. The molecule has 43 heavy (non-hydrogen) atoms. The number of amides is 2. The number of halogens is 1. The number of carbonyl (C=O) groups excluding carboxylic acids is 2. The van der Waals surface area contributed by atoms with Crippen LogP contribution in [0, 0.1) is 12.7 Å². The number of hydrogen-bond acceptors (Lipinski definition) is 8. The summed E-state index contributed by atoms with van der Waals surface area (Å²) >= 11 is 0. The first-order valence-corrected chi connectivity index (χ1v) is 15.7. The quantitative estimate of drug-likeness (QED) is 0.210. The molecule has 0 bridgehead atoms. The number of anilines is 2. The number of nitrogens with zero attached hydrogens (tertiary/aromatic N) is 1. The summed E-state index contributed by atoms with van der Waals surface area (Å²) < 4.78 is 79.4. The summed E-state index contributed by atoms with van der Waals surface area (Å²) in [6, 6.07) is 19.5. The summed E-state index contributed by atoms with van der Waals surface area (Å²) in [5, 5.41) is 0. The fraction of sp³-hybridized carbons (Fsp3) is 0.0667. The van der Waals surface area contributed by atoms with Crippen LogP contribution in [0.4, 0.5) is 15.8 Å². The highest BCUT2D eigenvalue weighted by atomic mass is 32.2. The number of aryl methyl sites for hydroxylation is 1. The lowest BCUT2D eigenvalue weighted by Gasteiger charge is -2.21. The molecule has 0 aliphatic carbocycles. The molecule has 5 rings (SSSR count). The van der Waals surface area contributed by atoms with Crippen LogP contribution in [0.25, 0.3) is 0 Å². The number of sulfonamides is 1. The van der Waals surface area contributed by atoms with Crippen molar-refractivity contribution in [3.63, 3.8) is 0 Å². The zero-order chi connectivity index (χ0) is 30.8. The molecule has 0 saturated carbocycles. The fourth-order valence-corrected chi connectivity index (χ4v) is 6.60. The smallest absolute Gasteiger partial charge is 0.301 e. The van der Waals surface area contributed by atoms with Crippen LogP contribution < -0.4 is 9.62 Å². The molecule has 13 heteroatoms. The number of imide groups is 1. The molecule has 0 radical (unpaired) electrons. The van der Waals surface area contributed by atoms with E-state index in [-0.39, 0.29) is 38.2 Å². The van der Waals surface area contributed by atoms with Crippen molar-refractivity contribution in [3.05, 3.63) is 132 Å². The molecule has 10 nitrogen and oxygen atoms in total. The Kier molecular flexibility index (Phi) is 8.02. The molecule has 2 heterocycles. The number of furan rings is 2. The van der Waals surface area contributed by atoms with Gasteiger partial charge in [0.15, 0.2) is 21.4 Å². The van der Waals surface area contributed by atoms with Crippen LogP contribution in [-0.4, -0.2) is 28.6 Å². The van der Waals surface area contributed by atoms with Gasteiger partial charge in [-0.1, -0.05) is 17.7 Å². The Bertz CT molecular complexity index is 1940. The Morgan fingerprint density at radius 3 is 1.86 bits per heavy atom. The van der Waals surface area contributed by atoms with Gasteiger partial charge in [-0.3, -0.25) is 14.3 Å². The van der Waals surface area contributed by atoms with Gasteiger partial charge in [-0.05, 0) is 91.3 Å². The normalized spacial score (nSPS) is 11.7. The highest BCUT2D eigenvalue weighted by molar-refractivity contribution is 7.92. The minimum absolute atomic E-state index is 0.0222. The molecule has 0 fully saturated rings. The molecule has 0 aliphatic rings. The average Bonchev–Trinajstić information content (AvgIpc) is 3.70. The third-order valence-electron chi connectivity index (χ3n) is 6.31. The molecular weight excluding hydrogens is 599 g/mol. The first kappa shape index (κ1) is 29.5. The molecule has 0 spiro atoms. The lowest BCUT2D eigenvalue weighted by molar-refractivity contribution is 0.0867. The molecular formula is C30H23FN2O8S2. The monoisotopic (exact) mass is 622 g/mol. The first-order chi connectivity index (χ1) is 20.4. The van der Waals surface area contributed by atoms with Crippen LogP contribution in [0.5, 0.6) is 0 Å². The van der Waals surface area contributed by atoms with Gasteiger partial charge in [-0.25, -0.2) is 26.1 Å². The average molecular weight is 623 g/mol. The van der Waals surface area contributed by atoms with Crippen LogP contribution in [0.3, 0.4) is 0 Å². The zero-order valence-corrected chi connectivity index (χ0v) is 24.1. The molecule has 1 N–H and O–H groups in total. The maximum atomic E-state index is 13.5. The van der Waals surface area contributed by atoms with Crippen LogP contribution in [0.2, 0.25) is 0 Å². The van der Waals surface area contributed by atoms with Crippen molar-refractivity contribution in [1.82, 2.24) is 0 Å². The molecule has 0 aliphatic heterocycles. The third kappa shape index (κ3) is 6.42. The fourth-order valence-electron chi connectivity index (χ4n) is 4.14. The molecule has 3 aromatic carbocycles. The van der Waals surface area contributed by atoms with Gasteiger partial charge in [0.05, 0.1) is 39.4 Å². The van der Waals surface area contributed by atoms with Gasteiger partial charge in [0.2, 0.25) is 0 Å². The molecule has 220 valence electrons. The Morgan fingerprint density at radius 1 is 0.767 bits per heavy atom. The van der Waals surface area contributed by atoms with Gasteiger partial charge in [0, 0.05) is 0 Å². The molecule has 5 aromatic rings. The van der Waals surface area contributed by atoms with Crippen molar-refractivity contribution in [2.45, 2.75) is 22.5 Å². The Balaban J connectivity index is 1.62. The summed E-state index contributed by atoms with van der Waals surface area (Å²) in [7, 11) is -8.36. The van der Waals surface area contributed by atoms with Gasteiger partial charge in [-0.2, -0.15) is 0 Å². The highest BCUT2D eigenvalue weighted by Crippen LogP contribution is 2.31. The van der Waals surface area contributed by atoms with Crippen molar-refractivity contribution in [1.29, 1.82) is 0 Å². The van der Waals surface area contributed by atoms with Crippen LogP contribution in [-0.2, 0) is 25.6 Å². The Hall–Kier alpha value is -5.01. The van der Waals surface area contributed by atoms with Gasteiger partial charge >= 0.3 is 11.8 Å². The van der Waals surface area contributed by atoms with Crippen molar-refractivity contribution in [2.75, 3.05) is 9.62 Å². The van der Waals surface area contributed by atoms with Crippen LogP contribution in [0.1, 0.15) is 32.2 Å². The van der Waals surface area contributed by atoms with Crippen molar-refractivity contribution in [3.8, 4) is 0 Å². The van der Waals surface area contributed by atoms with Crippen molar-refractivity contribution >= 4 is 43.0 Å². The maximum absolute atomic E-state index is 13.5. The second-order valence-electron chi connectivity index (χ2n) is 9.37. The van der Waals surface area contributed by atoms with Crippen LogP contribution in [0.15, 0.2) is 122 Å². The number of hydrogen-bond donors (Lipinski definition) is 1. The topological polar surface area (TPSA) is 144 Å². The van der Waals surface area contributed by atoms with E-state index >= 15 is 0 Å². The van der Waals surface area contributed by atoms with E-state index in [9.17, 15) is 30.8 Å². The van der Waals surface area contributed by atoms with E-state index in [1.54, 1.807) is 19.1 Å². The lowest BCUT2D eigenvalue weighted by atomic mass is 10.1. The predicted molar refractivity (Wildman–Crippen MR) is 154 cm³/mol. The van der Waals surface area contributed by atoms with E-state index in [4.69, 9.17) is 8.83 Å². The van der Waals surface area contributed by atoms with Gasteiger partial charge in [0.25, 0.3) is 10.0 Å². The van der Waals surface area contributed by atoms with E-state index in [0.717, 1.165) is 34.7 Å². The molecule has 0 saturated heterocycles. The maximum Gasteiger partial charge on any atom is 0.301 e. The van der Waals surface area contributed by atoms with E-state index in [0.29, 0.717) is 0 Å². The van der Waals surface area contributed by atoms with Gasteiger partial charge in [-0.15, -0.1) is 0 Å². The summed E-state index contributed by atoms with van der Waals surface area (Å²) in [4.78, 5) is 27.3. The van der Waals surface area contributed by atoms with E-state index in [1.165, 1.54) is 67.1 Å². The van der Waals surface area contributed by atoms with Crippen molar-refractivity contribution in [2.24, 2.45) is 0 Å². The minimum atomic E-state index is -4.30. The Morgan fingerprint density at radius 2 is 1.33 bits per heavy atom. The SMILES string of the molecule is Cc1ccc(S(=O)(=O)Cc2cc(N(C(=O)c3ccco3)C(=O)c3ccco3)ccc2NS(=O)(=O)c2ccc(F)cc2)cc1. The predicted octanol–water partition coefficient (Wildman–Crippen LogP) is 5.58. The summed E-state index contributed by atoms with van der Waals surface area (Å²) in [6.07, 6.45) is 2.49. The second kappa shape index (κ2) is 11.7. The summed E-state index contributed by atoms with van der Waals surface area (Å²) in [5.41, 5.74) is 0.534. The minimum Gasteiger partial charge on any atom is -0.459 e. The molecule has 2 aromatic heterocycles. The number of benzene rings is 3. The number of nitrogens with one attached hydrogen (secondary N) is 1. The van der Waals surface area contributed by atoms with E-state index < -0.39 is 43.2 Å². The summed E-state index contributed by atoms with van der Waals surface area (Å²) in [5.74, 6) is -3.47. The third-order valence-corrected chi connectivity index (χ3v) is 9.37. The standard InChI is InChI=1S/C30H23FN2O8S2/c1-20-6-11-24(12-7-20)42(36,37)19-21-18-23(10-15-26(21)32-43(38,39)25-13-8-22(31)9-14-25)33(29(34)27-4-2-16-40-27)30(35)28-5-3-17-41-28/h2-18,32H,19H2,1H3. The number of sulfone groups is 1. The lowest BCUT2D eigenvalue weighted by Crippen LogP contribution is -2.37. The number of rotatable bonds is 9. The van der Waals surface area contributed by atoms with Gasteiger partial charge < -0.3 is 8.83 Å². The summed E-state index contributed by atoms with van der Waals surface area (Å²) in [6.45, 7) is 1.79. The van der Waals surface area contributed by atoms with Crippen molar-refractivity contribution < 1.29 is 39.6 Å². The van der Waals surface area contributed by atoms with Gasteiger partial charge in [0.1, 0.15) is 5.82 Å². The zero-order valence-electron chi connectivity index (χ0n) is 22.4. The van der Waals surface area contributed by atoms with E-state index in [2.05, 4.69) is 4.72 Å². The second-order valence-corrected chi connectivity index (χ2v) is 13.0. The van der Waals surface area contributed by atoms with E-state index in [1.807, 2.05) is 0 Å². The Labute approximate surface area is 246 Å². The molecule has 0 unspecified atom stereocenters.